The summed E-state index contributed by atoms with van der Waals surface area (Å²) in [6.45, 7) is 5.59. The number of hydrogen-bond donors (Lipinski definition) is 1. The van der Waals surface area contributed by atoms with Crippen LogP contribution in [0, 0.1) is 11.3 Å². The number of nitriles is 1. The molecule has 1 heterocycles. The molecule has 4 nitrogen and oxygen atoms in total. The summed E-state index contributed by atoms with van der Waals surface area (Å²) in [5.41, 5.74) is 0. The number of nitrogens with one attached hydrogen (secondary N) is 1. The molecule has 1 rings (SSSR count). The Morgan fingerprint density at radius 2 is 2.50 bits per heavy atom. The minimum absolute atomic E-state index is 0.0736. The minimum Gasteiger partial charge on any atom is -0.380 e. The lowest BCUT2D eigenvalue weighted by Gasteiger charge is -2.27. The van der Waals surface area contributed by atoms with Crippen LogP contribution in [-0.4, -0.2) is 50.3 Å². The molecule has 0 aromatic carbocycles. The molecule has 0 aromatic rings. The molecule has 1 aliphatic heterocycles. The van der Waals surface area contributed by atoms with E-state index in [1.54, 1.807) is 0 Å². The quantitative estimate of drug-likeness (QED) is 0.702. The summed E-state index contributed by atoms with van der Waals surface area (Å²) >= 11 is 0. The van der Waals surface area contributed by atoms with E-state index in [1.165, 1.54) is 0 Å². The summed E-state index contributed by atoms with van der Waals surface area (Å²) in [4.78, 5) is 2.32. The molecular weight excluding hydrogens is 178 g/mol. The smallest absolute Gasteiger partial charge is 0.108 e. The number of ether oxygens (including phenoxy) is 1. The third-order valence-electron chi connectivity index (χ3n) is 2.64. The molecule has 0 aliphatic carbocycles. The van der Waals surface area contributed by atoms with Gasteiger partial charge in [-0.05, 0) is 20.4 Å². The van der Waals surface area contributed by atoms with Crippen LogP contribution in [0.25, 0.3) is 0 Å². The standard InChI is InChI=1S/C10H19N3O/c1-9-8-14-5-3-4-13(9)7-10(6-11)12-2/h9-10,12H,3-5,7-8H2,1-2H3. The van der Waals surface area contributed by atoms with E-state index in [-0.39, 0.29) is 6.04 Å². The molecule has 1 N–H and O–H groups in total. The Kier molecular flexibility index (Phi) is 4.88. The molecule has 1 fully saturated rings. The number of likely N-dealkylation sites (N-methyl/N-ethyl adjacent to an activating group) is 1. The van der Waals surface area contributed by atoms with E-state index in [4.69, 9.17) is 10.00 Å². The molecule has 1 saturated heterocycles. The van der Waals surface area contributed by atoms with E-state index in [9.17, 15) is 0 Å². The SMILES string of the molecule is CNC(C#N)CN1CCCOCC1C. The first-order chi connectivity index (χ1) is 6.77. The fourth-order valence-corrected chi connectivity index (χ4v) is 1.65. The van der Waals surface area contributed by atoms with Gasteiger partial charge in [0.1, 0.15) is 6.04 Å². The number of hydrogen-bond acceptors (Lipinski definition) is 4. The van der Waals surface area contributed by atoms with Crippen molar-refractivity contribution in [3.05, 3.63) is 0 Å². The topological polar surface area (TPSA) is 48.3 Å². The highest BCUT2D eigenvalue weighted by molar-refractivity contribution is 4.92. The van der Waals surface area contributed by atoms with Crippen molar-refractivity contribution in [1.82, 2.24) is 10.2 Å². The average molecular weight is 197 g/mol. The van der Waals surface area contributed by atoms with E-state index in [2.05, 4.69) is 23.2 Å². The van der Waals surface area contributed by atoms with Crippen LogP contribution >= 0.6 is 0 Å². The predicted octanol–water partition coefficient (Wildman–Crippen LogP) is 0.209. The van der Waals surface area contributed by atoms with E-state index in [0.29, 0.717) is 6.04 Å². The van der Waals surface area contributed by atoms with Crippen LogP contribution < -0.4 is 5.32 Å². The fourth-order valence-electron chi connectivity index (χ4n) is 1.65. The number of rotatable bonds is 3. The minimum atomic E-state index is -0.0736. The summed E-state index contributed by atoms with van der Waals surface area (Å²) in [5, 5.41) is 11.8. The van der Waals surface area contributed by atoms with Gasteiger partial charge in [-0.3, -0.25) is 4.90 Å². The molecule has 0 saturated carbocycles. The summed E-state index contributed by atoms with van der Waals surface area (Å²) < 4.78 is 5.44. The summed E-state index contributed by atoms with van der Waals surface area (Å²) in [7, 11) is 1.83. The Labute approximate surface area is 85.8 Å². The number of nitrogens with zero attached hydrogens (tertiary/aromatic N) is 2. The second kappa shape index (κ2) is 5.97. The average Bonchev–Trinajstić information content (AvgIpc) is 2.40. The van der Waals surface area contributed by atoms with Crippen molar-refractivity contribution >= 4 is 0 Å². The van der Waals surface area contributed by atoms with Crippen molar-refractivity contribution < 1.29 is 4.74 Å². The molecular formula is C10H19N3O. The van der Waals surface area contributed by atoms with Crippen molar-refractivity contribution in [3.8, 4) is 6.07 Å². The lowest BCUT2D eigenvalue weighted by Crippen LogP contribution is -2.44. The first-order valence-electron chi connectivity index (χ1n) is 5.16. The highest BCUT2D eigenvalue weighted by Crippen LogP contribution is 2.07. The first kappa shape index (κ1) is 11.4. The van der Waals surface area contributed by atoms with Crippen molar-refractivity contribution in [1.29, 1.82) is 5.26 Å². The maximum absolute atomic E-state index is 8.84. The van der Waals surface area contributed by atoms with Crippen LogP contribution in [0.4, 0.5) is 0 Å². The zero-order valence-corrected chi connectivity index (χ0v) is 8.99. The summed E-state index contributed by atoms with van der Waals surface area (Å²) in [5.74, 6) is 0. The zero-order valence-electron chi connectivity index (χ0n) is 8.99. The molecule has 14 heavy (non-hydrogen) atoms. The normalized spacial score (nSPS) is 26.5. The Bertz CT molecular complexity index is 202. The molecule has 4 heteroatoms. The lowest BCUT2D eigenvalue weighted by molar-refractivity contribution is 0.106. The van der Waals surface area contributed by atoms with Gasteiger partial charge < -0.3 is 10.1 Å². The molecule has 0 aromatic heterocycles. The van der Waals surface area contributed by atoms with E-state index < -0.39 is 0 Å². The summed E-state index contributed by atoms with van der Waals surface area (Å²) in [6, 6.07) is 2.59. The van der Waals surface area contributed by atoms with Crippen molar-refractivity contribution in [2.45, 2.75) is 25.4 Å². The van der Waals surface area contributed by atoms with E-state index >= 15 is 0 Å². The predicted molar refractivity (Wildman–Crippen MR) is 54.9 cm³/mol. The van der Waals surface area contributed by atoms with Gasteiger partial charge in [0.25, 0.3) is 0 Å². The van der Waals surface area contributed by atoms with Gasteiger partial charge in [-0.2, -0.15) is 5.26 Å². The van der Waals surface area contributed by atoms with Gasteiger partial charge in [-0.1, -0.05) is 0 Å². The van der Waals surface area contributed by atoms with Gasteiger partial charge in [-0.25, -0.2) is 0 Å². The molecule has 0 spiro atoms. The van der Waals surface area contributed by atoms with Crippen LogP contribution in [0.5, 0.6) is 0 Å². The Morgan fingerprint density at radius 3 is 3.14 bits per heavy atom. The molecule has 2 atom stereocenters. The van der Waals surface area contributed by atoms with Crippen LogP contribution in [0.2, 0.25) is 0 Å². The molecule has 0 radical (unpaired) electrons. The van der Waals surface area contributed by atoms with Gasteiger partial charge in [0.15, 0.2) is 0 Å². The second-order valence-corrected chi connectivity index (χ2v) is 3.74. The van der Waals surface area contributed by atoms with Gasteiger partial charge >= 0.3 is 0 Å². The second-order valence-electron chi connectivity index (χ2n) is 3.74. The third kappa shape index (κ3) is 3.26. The van der Waals surface area contributed by atoms with Crippen LogP contribution in [-0.2, 0) is 4.74 Å². The highest BCUT2D eigenvalue weighted by atomic mass is 16.5. The lowest BCUT2D eigenvalue weighted by atomic mass is 10.2. The van der Waals surface area contributed by atoms with Crippen LogP contribution in [0.1, 0.15) is 13.3 Å². The monoisotopic (exact) mass is 197 g/mol. The maximum atomic E-state index is 8.84. The van der Waals surface area contributed by atoms with Crippen molar-refractivity contribution in [2.75, 3.05) is 33.4 Å². The highest BCUT2D eigenvalue weighted by Gasteiger charge is 2.19. The molecule has 1 aliphatic rings. The van der Waals surface area contributed by atoms with Gasteiger partial charge in [0.2, 0.25) is 0 Å². The Morgan fingerprint density at radius 1 is 1.71 bits per heavy atom. The fraction of sp³-hybridized carbons (Fsp3) is 0.900. The van der Waals surface area contributed by atoms with Crippen LogP contribution in [0.3, 0.4) is 0 Å². The van der Waals surface area contributed by atoms with Crippen molar-refractivity contribution in [3.63, 3.8) is 0 Å². The van der Waals surface area contributed by atoms with Gasteiger partial charge in [-0.15, -0.1) is 0 Å². The third-order valence-corrected chi connectivity index (χ3v) is 2.64. The molecule has 80 valence electrons. The Balaban J connectivity index is 2.44. The first-order valence-corrected chi connectivity index (χ1v) is 5.16. The van der Waals surface area contributed by atoms with Crippen LogP contribution in [0.15, 0.2) is 0 Å². The maximum Gasteiger partial charge on any atom is 0.108 e. The largest absolute Gasteiger partial charge is 0.380 e. The van der Waals surface area contributed by atoms with Gasteiger partial charge in [0, 0.05) is 25.7 Å². The molecule has 0 amide bonds. The van der Waals surface area contributed by atoms with E-state index in [1.807, 2.05) is 7.05 Å². The summed E-state index contributed by atoms with van der Waals surface area (Å²) in [6.07, 6.45) is 1.06. The van der Waals surface area contributed by atoms with E-state index in [0.717, 1.165) is 32.7 Å². The molecule has 0 bridgehead atoms. The van der Waals surface area contributed by atoms with Gasteiger partial charge in [0.05, 0.1) is 12.7 Å². The Hall–Kier alpha value is -0.630. The molecule has 2 unspecified atom stereocenters. The zero-order chi connectivity index (χ0) is 10.4. The van der Waals surface area contributed by atoms with Crippen molar-refractivity contribution in [2.24, 2.45) is 0 Å².